The van der Waals surface area contributed by atoms with Gasteiger partial charge in [0.1, 0.15) is 0 Å². The summed E-state index contributed by atoms with van der Waals surface area (Å²) in [7, 11) is 0.358. The summed E-state index contributed by atoms with van der Waals surface area (Å²) in [6.07, 6.45) is 3.86. The second-order valence-corrected chi connectivity index (χ2v) is 3.63. The lowest BCUT2D eigenvalue weighted by molar-refractivity contribution is -0.134. The zero-order valence-corrected chi connectivity index (χ0v) is 8.35. The molecule has 0 amide bonds. The highest BCUT2D eigenvalue weighted by Crippen LogP contribution is 1.99. The van der Waals surface area contributed by atoms with E-state index in [4.69, 9.17) is 4.43 Å². The summed E-state index contributed by atoms with van der Waals surface area (Å²) in [4.78, 5) is 10.9. The zero-order valence-electron chi connectivity index (χ0n) is 7.35. The van der Waals surface area contributed by atoms with Crippen molar-refractivity contribution in [3.63, 3.8) is 0 Å². The normalized spacial score (nSPS) is 9.64. The molecule has 2 nitrogen and oxygen atoms in total. The van der Waals surface area contributed by atoms with Crippen molar-refractivity contribution in [1.29, 1.82) is 0 Å². The predicted octanol–water partition coefficient (Wildman–Crippen LogP) is 2.17. The van der Waals surface area contributed by atoms with E-state index < -0.39 is 0 Å². The van der Waals surface area contributed by atoms with Crippen LogP contribution in [0.15, 0.2) is 0 Å². The van der Waals surface area contributed by atoms with Gasteiger partial charge in [0.05, 0.1) is 0 Å². The number of hydrogen-bond acceptors (Lipinski definition) is 2. The lowest BCUT2D eigenvalue weighted by Crippen LogP contribution is -2.06. The number of carbonyl (C=O) groups is 1. The molecule has 0 aliphatic rings. The maximum absolute atomic E-state index is 10.9. The molecule has 0 atom stereocenters. The van der Waals surface area contributed by atoms with E-state index in [2.05, 4.69) is 6.92 Å². The largest absolute Gasteiger partial charge is 0.516 e. The summed E-state index contributed by atoms with van der Waals surface area (Å²) in [5.41, 5.74) is 0. The van der Waals surface area contributed by atoms with Crippen molar-refractivity contribution in [1.82, 2.24) is 0 Å². The van der Waals surface area contributed by atoms with Crippen molar-refractivity contribution in [3.05, 3.63) is 0 Å². The number of unbranched alkanes of at least 4 members (excludes halogenated alkanes) is 2. The summed E-state index contributed by atoms with van der Waals surface area (Å²) >= 11 is 0. The molecular weight excluding hydrogens is 156 g/mol. The number of carbonyl (C=O) groups excluding carboxylic acids is 1. The Hall–Kier alpha value is -0.313. The van der Waals surface area contributed by atoms with Crippen molar-refractivity contribution in [3.8, 4) is 0 Å². The molecule has 0 aliphatic heterocycles. The van der Waals surface area contributed by atoms with E-state index in [1.807, 2.05) is 6.92 Å². The van der Waals surface area contributed by atoms with Gasteiger partial charge in [0.25, 0.3) is 5.97 Å². The Kier molecular flexibility index (Phi) is 7.57. The van der Waals surface area contributed by atoms with E-state index in [0.29, 0.717) is 16.2 Å². The Morgan fingerprint density at radius 3 is 2.64 bits per heavy atom. The summed E-state index contributed by atoms with van der Waals surface area (Å²) in [5, 5.41) is 0. The van der Waals surface area contributed by atoms with Gasteiger partial charge in [-0.1, -0.05) is 26.7 Å². The predicted molar refractivity (Wildman–Crippen MR) is 46.5 cm³/mol. The van der Waals surface area contributed by atoms with Crippen LogP contribution in [-0.2, 0) is 9.22 Å². The molecule has 0 heterocycles. The van der Waals surface area contributed by atoms with Gasteiger partial charge in [-0.15, -0.1) is 0 Å². The number of rotatable bonds is 6. The fourth-order valence-corrected chi connectivity index (χ4v) is 1.13. The Labute approximate surface area is 71.3 Å². The molecule has 0 aromatic carbocycles. The molecular formula is C8H16O2Si. The van der Waals surface area contributed by atoms with Gasteiger partial charge in [0.15, 0.2) is 0 Å². The summed E-state index contributed by atoms with van der Waals surface area (Å²) in [5.74, 6) is -0.0290. The molecule has 64 valence electrons. The van der Waals surface area contributed by atoms with Crippen LogP contribution in [0.3, 0.4) is 0 Å². The SMILES string of the molecule is CCCCCC(=O)O[Si]CC. The third-order valence-electron chi connectivity index (χ3n) is 1.31. The lowest BCUT2D eigenvalue weighted by Gasteiger charge is -2.00. The van der Waals surface area contributed by atoms with Crippen molar-refractivity contribution >= 4 is 15.7 Å². The first-order chi connectivity index (χ1) is 5.31. The molecule has 0 bridgehead atoms. The van der Waals surface area contributed by atoms with Gasteiger partial charge in [-0.3, -0.25) is 4.79 Å². The second kappa shape index (κ2) is 7.79. The first kappa shape index (κ1) is 10.7. The maximum atomic E-state index is 10.9. The molecule has 0 fully saturated rings. The number of hydrogen-bond donors (Lipinski definition) is 0. The van der Waals surface area contributed by atoms with E-state index in [-0.39, 0.29) is 5.97 Å². The summed E-state index contributed by atoms with van der Waals surface area (Å²) < 4.78 is 4.93. The molecule has 0 unspecified atom stereocenters. The fraction of sp³-hybridized carbons (Fsp3) is 0.875. The summed E-state index contributed by atoms with van der Waals surface area (Å²) in [6, 6.07) is 0.944. The Morgan fingerprint density at radius 2 is 2.09 bits per heavy atom. The quantitative estimate of drug-likeness (QED) is 0.453. The van der Waals surface area contributed by atoms with Crippen LogP contribution in [0.25, 0.3) is 0 Å². The van der Waals surface area contributed by atoms with Crippen LogP contribution in [0.5, 0.6) is 0 Å². The smallest absolute Gasteiger partial charge is 0.314 e. The van der Waals surface area contributed by atoms with Gasteiger partial charge in [-0.25, -0.2) is 0 Å². The molecule has 11 heavy (non-hydrogen) atoms. The van der Waals surface area contributed by atoms with Crippen LogP contribution in [0.4, 0.5) is 0 Å². The molecule has 0 saturated carbocycles. The second-order valence-electron chi connectivity index (χ2n) is 2.43. The van der Waals surface area contributed by atoms with Crippen molar-refractivity contribution in [2.75, 3.05) is 0 Å². The molecule has 0 rings (SSSR count). The van der Waals surface area contributed by atoms with Crippen LogP contribution >= 0.6 is 0 Å². The molecule has 0 spiro atoms. The molecule has 0 N–H and O–H groups in total. The lowest BCUT2D eigenvalue weighted by atomic mass is 10.2. The minimum Gasteiger partial charge on any atom is -0.516 e. The highest BCUT2D eigenvalue weighted by molar-refractivity contribution is 6.30. The highest BCUT2D eigenvalue weighted by atomic mass is 28.2. The zero-order chi connectivity index (χ0) is 8.53. The maximum Gasteiger partial charge on any atom is 0.314 e. The van der Waals surface area contributed by atoms with Crippen LogP contribution in [0, 0.1) is 0 Å². The van der Waals surface area contributed by atoms with Gasteiger partial charge in [0.2, 0.25) is 0 Å². The van der Waals surface area contributed by atoms with Crippen LogP contribution in [0.1, 0.15) is 39.5 Å². The van der Waals surface area contributed by atoms with E-state index in [9.17, 15) is 4.79 Å². The van der Waals surface area contributed by atoms with Crippen LogP contribution < -0.4 is 0 Å². The van der Waals surface area contributed by atoms with Crippen LogP contribution in [-0.4, -0.2) is 15.7 Å². The first-order valence-corrected chi connectivity index (χ1v) is 5.35. The van der Waals surface area contributed by atoms with Crippen molar-refractivity contribution in [2.45, 2.75) is 45.6 Å². The monoisotopic (exact) mass is 172 g/mol. The van der Waals surface area contributed by atoms with Gasteiger partial charge in [-0.05, 0) is 12.5 Å². The van der Waals surface area contributed by atoms with E-state index in [1.165, 1.54) is 0 Å². The molecule has 2 radical (unpaired) electrons. The molecule has 0 aromatic rings. The first-order valence-electron chi connectivity index (χ1n) is 4.23. The van der Waals surface area contributed by atoms with Gasteiger partial charge in [-0.2, -0.15) is 0 Å². The Morgan fingerprint density at radius 1 is 1.36 bits per heavy atom. The van der Waals surface area contributed by atoms with Crippen LogP contribution in [0.2, 0.25) is 6.04 Å². The molecule has 0 aromatic heterocycles. The topological polar surface area (TPSA) is 26.3 Å². The van der Waals surface area contributed by atoms with Crippen molar-refractivity contribution in [2.24, 2.45) is 0 Å². The third kappa shape index (κ3) is 7.59. The molecule has 3 heteroatoms. The Balaban J connectivity index is 3.09. The average molecular weight is 172 g/mol. The fourth-order valence-electron chi connectivity index (χ4n) is 0.723. The highest BCUT2D eigenvalue weighted by Gasteiger charge is 2.00. The van der Waals surface area contributed by atoms with E-state index in [0.717, 1.165) is 25.3 Å². The van der Waals surface area contributed by atoms with Gasteiger partial charge in [0, 0.05) is 6.42 Å². The Bertz CT molecular complexity index is 104. The average Bonchev–Trinajstić information content (AvgIpc) is 2.01. The molecule has 0 saturated heterocycles. The van der Waals surface area contributed by atoms with E-state index >= 15 is 0 Å². The van der Waals surface area contributed by atoms with Gasteiger partial charge >= 0.3 is 9.76 Å². The van der Waals surface area contributed by atoms with E-state index in [1.54, 1.807) is 0 Å². The van der Waals surface area contributed by atoms with Gasteiger partial charge < -0.3 is 4.43 Å². The molecule has 0 aliphatic carbocycles. The standard InChI is InChI=1S/C8H16O2Si/c1-3-5-6-7-8(9)10-11-4-2/h3-7H2,1-2H3. The summed E-state index contributed by atoms with van der Waals surface area (Å²) in [6.45, 7) is 4.14. The minimum absolute atomic E-state index is 0.0290. The third-order valence-corrected chi connectivity index (χ3v) is 1.98. The van der Waals surface area contributed by atoms with Crippen molar-refractivity contribution < 1.29 is 9.22 Å². The minimum atomic E-state index is -0.0290.